The van der Waals surface area contributed by atoms with Crippen LogP contribution in [0.3, 0.4) is 0 Å². The zero-order valence-corrected chi connectivity index (χ0v) is 14.4. The van der Waals surface area contributed by atoms with Crippen LogP contribution in [0.2, 0.25) is 0 Å². The van der Waals surface area contributed by atoms with Crippen LogP contribution in [0, 0.1) is 12.3 Å². The molecule has 1 aliphatic heterocycles. The van der Waals surface area contributed by atoms with Crippen molar-refractivity contribution < 1.29 is 0 Å². The van der Waals surface area contributed by atoms with Crippen molar-refractivity contribution in [3.8, 4) is 0 Å². The van der Waals surface area contributed by atoms with Crippen LogP contribution in [0.1, 0.15) is 46.4 Å². The van der Waals surface area contributed by atoms with E-state index >= 15 is 0 Å². The smallest absolute Gasteiger partial charge is 0.105 e. The Bertz CT molecular complexity index is 432. The molecule has 0 aromatic carbocycles. The summed E-state index contributed by atoms with van der Waals surface area (Å²) in [5.41, 5.74) is 0.320. The molecule has 1 aromatic rings. The van der Waals surface area contributed by atoms with Crippen LogP contribution in [-0.2, 0) is 6.54 Å². The van der Waals surface area contributed by atoms with E-state index < -0.39 is 0 Å². The van der Waals surface area contributed by atoms with Gasteiger partial charge in [0.15, 0.2) is 0 Å². The molecule has 1 aromatic heterocycles. The van der Waals surface area contributed by atoms with E-state index in [-0.39, 0.29) is 0 Å². The van der Waals surface area contributed by atoms with Crippen molar-refractivity contribution in [2.45, 2.75) is 66.1 Å². The summed E-state index contributed by atoms with van der Waals surface area (Å²) in [7, 11) is 0. The van der Waals surface area contributed by atoms with E-state index in [4.69, 9.17) is 0 Å². The lowest BCUT2D eigenvalue weighted by Gasteiger charge is -2.45. The van der Waals surface area contributed by atoms with E-state index in [0.717, 1.165) is 32.0 Å². The van der Waals surface area contributed by atoms with Crippen LogP contribution in [0.4, 0.5) is 0 Å². The first kappa shape index (κ1) is 16.5. The molecule has 2 atom stereocenters. The van der Waals surface area contributed by atoms with Gasteiger partial charge < -0.3 is 9.88 Å². The highest BCUT2D eigenvalue weighted by molar-refractivity contribution is 4.93. The van der Waals surface area contributed by atoms with Gasteiger partial charge in [-0.2, -0.15) is 0 Å². The van der Waals surface area contributed by atoms with E-state index in [2.05, 4.69) is 60.6 Å². The fraction of sp³-hybridized carbons (Fsp3) is 0.824. The van der Waals surface area contributed by atoms with Crippen molar-refractivity contribution in [3.05, 3.63) is 18.2 Å². The maximum atomic E-state index is 4.32. The predicted molar refractivity (Wildman–Crippen MR) is 88.5 cm³/mol. The summed E-state index contributed by atoms with van der Waals surface area (Å²) in [5, 5.41) is 3.77. The monoisotopic (exact) mass is 292 g/mol. The molecular formula is C17H32N4. The van der Waals surface area contributed by atoms with E-state index in [9.17, 15) is 0 Å². The Balaban J connectivity index is 1.98. The van der Waals surface area contributed by atoms with Crippen molar-refractivity contribution >= 4 is 0 Å². The van der Waals surface area contributed by atoms with Crippen molar-refractivity contribution in [2.75, 3.05) is 19.6 Å². The summed E-state index contributed by atoms with van der Waals surface area (Å²) in [4.78, 5) is 7.01. The zero-order valence-electron chi connectivity index (χ0n) is 14.4. The molecule has 1 saturated heterocycles. The molecule has 2 rings (SSSR count). The molecule has 21 heavy (non-hydrogen) atoms. The van der Waals surface area contributed by atoms with Crippen LogP contribution in [0.15, 0.2) is 12.4 Å². The average Bonchev–Trinajstić information content (AvgIpc) is 2.82. The summed E-state index contributed by atoms with van der Waals surface area (Å²) in [6, 6.07) is 1.26. The van der Waals surface area contributed by atoms with Gasteiger partial charge >= 0.3 is 0 Å². The number of aryl methyl sites for hydroxylation is 1. The maximum Gasteiger partial charge on any atom is 0.105 e. The van der Waals surface area contributed by atoms with Gasteiger partial charge in [-0.25, -0.2) is 4.98 Å². The number of hydrogen-bond acceptors (Lipinski definition) is 3. The van der Waals surface area contributed by atoms with E-state index in [0.29, 0.717) is 17.5 Å². The van der Waals surface area contributed by atoms with Gasteiger partial charge in [0.1, 0.15) is 5.82 Å². The summed E-state index contributed by atoms with van der Waals surface area (Å²) >= 11 is 0. The SMILES string of the molecule is CCCC1CNC(C(C)(C)C)CN1CCn1ccnc1C. The number of nitrogens with zero attached hydrogens (tertiary/aromatic N) is 3. The maximum absolute atomic E-state index is 4.32. The molecule has 0 bridgehead atoms. The standard InChI is InChI=1S/C17H32N4/c1-6-7-15-12-19-16(17(3,4)5)13-21(15)11-10-20-9-8-18-14(20)2/h8-9,15-16,19H,6-7,10-13H2,1-5H3. The Morgan fingerprint density at radius 1 is 1.33 bits per heavy atom. The van der Waals surface area contributed by atoms with Gasteiger partial charge in [0.2, 0.25) is 0 Å². The highest BCUT2D eigenvalue weighted by Gasteiger charge is 2.33. The molecule has 2 unspecified atom stereocenters. The molecule has 4 nitrogen and oxygen atoms in total. The lowest BCUT2D eigenvalue weighted by Crippen LogP contribution is -2.60. The Labute approximate surface area is 129 Å². The van der Waals surface area contributed by atoms with Crippen LogP contribution < -0.4 is 5.32 Å². The van der Waals surface area contributed by atoms with E-state index in [1.54, 1.807) is 0 Å². The number of imidazole rings is 1. The molecule has 0 amide bonds. The number of hydrogen-bond donors (Lipinski definition) is 1. The number of piperazine rings is 1. The lowest BCUT2D eigenvalue weighted by atomic mass is 9.84. The highest BCUT2D eigenvalue weighted by Crippen LogP contribution is 2.24. The molecule has 2 heterocycles. The van der Waals surface area contributed by atoms with Gasteiger partial charge in [-0.1, -0.05) is 34.1 Å². The van der Waals surface area contributed by atoms with Gasteiger partial charge in [0.25, 0.3) is 0 Å². The third-order valence-corrected chi connectivity index (χ3v) is 4.75. The van der Waals surface area contributed by atoms with Gasteiger partial charge in [-0.3, -0.25) is 4.90 Å². The van der Waals surface area contributed by atoms with Crippen LogP contribution in [0.5, 0.6) is 0 Å². The van der Waals surface area contributed by atoms with Gasteiger partial charge in [0.05, 0.1) is 0 Å². The van der Waals surface area contributed by atoms with Crippen molar-refractivity contribution in [1.82, 2.24) is 19.8 Å². The molecule has 0 radical (unpaired) electrons. The quantitative estimate of drug-likeness (QED) is 0.906. The van der Waals surface area contributed by atoms with Crippen LogP contribution in [0.25, 0.3) is 0 Å². The Morgan fingerprint density at radius 3 is 2.67 bits per heavy atom. The fourth-order valence-electron chi connectivity index (χ4n) is 3.20. The van der Waals surface area contributed by atoms with Crippen LogP contribution >= 0.6 is 0 Å². The number of nitrogens with one attached hydrogen (secondary N) is 1. The summed E-state index contributed by atoms with van der Waals surface area (Å²) in [5.74, 6) is 1.12. The summed E-state index contributed by atoms with van der Waals surface area (Å²) in [6.45, 7) is 15.8. The molecule has 1 fully saturated rings. The van der Waals surface area contributed by atoms with Crippen molar-refractivity contribution in [2.24, 2.45) is 5.41 Å². The second-order valence-electron chi connectivity index (χ2n) is 7.43. The summed E-state index contributed by atoms with van der Waals surface area (Å²) < 4.78 is 2.26. The molecule has 4 heteroatoms. The van der Waals surface area contributed by atoms with Gasteiger partial charge in [0, 0.05) is 50.7 Å². The molecule has 1 N–H and O–H groups in total. The lowest BCUT2D eigenvalue weighted by molar-refractivity contribution is 0.0778. The fourth-order valence-corrected chi connectivity index (χ4v) is 3.20. The molecule has 0 saturated carbocycles. The molecule has 0 aliphatic carbocycles. The van der Waals surface area contributed by atoms with E-state index in [1.165, 1.54) is 12.8 Å². The summed E-state index contributed by atoms with van der Waals surface area (Å²) in [6.07, 6.45) is 6.53. The minimum atomic E-state index is 0.320. The van der Waals surface area contributed by atoms with Gasteiger partial charge in [-0.05, 0) is 18.8 Å². The Kier molecular flexibility index (Phi) is 5.44. The topological polar surface area (TPSA) is 33.1 Å². The first-order valence-electron chi connectivity index (χ1n) is 8.37. The molecular weight excluding hydrogens is 260 g/mol. The third-order valence-electron chi connectivity index (χ3n) is 4.75. The largest absolute Gasteiger partial charge is 0.334 e. The predicted octanol–water partition coefficient (Wildman–Crippen LogP) is 2.68. The number of aromatic nitrogens is 2. The second kappa shape index (κ2) is 6.93. The van der Waals surface area contributed by atoms with E-state index in [1.807, 2.05) is 6.20 Å². The van der Waals surface area contributed by atoms with Gasteiger partial charge in [-0.15, -0.1) is 0 Å². The molecule has 0 spiro atoms. The van der Waals surface area contributed by atoms with Crippen LogP contribution in [-0.4, -0.2) is 46.2 Å². The second-order valence-corrected chi connectivity index (χ2v) is 7.43. The number of rotatable bonds is 5. The normalized spacial score (nSPS) is 24.4. The van der Waals surface area contributed by atoms with Crippen molar-refractivity contribution in [3.63, 3.8) is 0 Å². The highest BCUT2D eigenvalue weighted by atomic mass is 15.2. The Morgan fingerprint density at radius 2 is 2.10 bits per heavy atom. The third kappa shape index (κ3) is 4.30. The minimum absolute atomic E-state index is 0.320. The zero-order chi connectivity index (χ0) is 15.5. The minimum Gasteiger partial charge on any atom is -0.334 e. The van der Waals surface area contributed by atoms with Crippen molar-refractivity contribution in [1.29, 1.82) is 0 Å². The Hall–Kier alpha value is -0.870. The average molecular weight is 292 g/mol. The first-order valence-corrected chi connectivity index (χ1v) is 8.37. The molecule has 1 aliphatic rings. The first-order chi connectivity index (χ1) is 9.91. The molecule has 120 valence electrons.